The zero-order chi connectivity index (χ0) is 15.5. The van der Waals surface area contributed by atoms with Gasteiger partial charge in [-0.15, -0.1) is 5.10 Å². The maximum Gasteiger partial charge on any atom is 0.267 e. The molecule has 0 spiro atoms. The SMILES string of the molecule is CC(C)(C)c1nnsc1C(=O)N(CCO)CC1CCCN1. The number of aliphatic hydroxyl groups excluding tert-OH is 1. The van der Waals surface area contributed by atoms with E-state index in [0.717, 1.165) is 36.6 Å². The van der Waals surface area contributed by atoms with E-state index in [1.54, 1.807) is 4.90 Å². The predicted molar refractivity (Wildman–Crippen MR) is 82.6 cm³/mol. The molecular formula is C14H24N4O2S. The molecule has 1 fully saturated rings. The Bertz CT molecular complexity index is 478. The minimum Gasteiger partial charge on any atom is -0.395 e. The van der Waals surface area contributed by atoms with E-state index in [0.29, 0.717) is 24.0 Å². The number of carbonyl (C=O) groups is 1. The Balaban J connectivity index is 2.16. The lowest BCUT2D eigenvalue weighted by atomic mass is 9.91. The van der Waals surface area contributed by atoms with E-state index < -0.39 is 0 Å². The maximum atomic E-state index is 12.8. The van der Waals surface area contributed by atoms with Crippen LogP contribution in [0.25, 0.3) is 0 Å². The first kappa shape index (κ1) is 16.3. The van der Waals surface area contributed by atoms with Crippen molar-refractivity contribution in [2.75, 3.05) is 26.2 Å². The lowest BCUT2D eigenvalue weighted by Gasteiger charge is -2.26. The molecule has 2 heterocycles. The summed E-state index contributed by atoms with van der Waals surface area (Å²) in [4.78, 5) is 15.1. The second-order valence-corrected chi connectivity index (χ2v) is 7.22. The number of aromatic nitrogens is 2. The van der Waals surface area contributed by atoms with E-state index in [1.807, 2.05) is 20.8 Å². The number of amides is 1. The number of nitrogens with one attached hydrogen (secondary N) is 1. The van der Waals surface area contributed by atoms with Gasteiger partial charge in [-0.2, -0.15) is 0 Å². The summed E-state index contributed by atoms with van der Waals surface area (Å²) in [5.41, 5.74) is 0.522. The molecule has 1 amide bonds. The average molecular weight is 312 g/mol. The normalized spacial score (nSPS) is 19.0. The van der Waals surface area contributed by atoms with Gasteiger partial charge in [0.05, 0.1) is 12.3 Å². The summed E-state index contributed by atoms with van der Waals surface area (Å²) >= 11 is 1.14. The number of aliphatic hydroxyl groups is 1. The van der Waals surface area contributed by atoms with E-state index in [9.17, 15) is 9.90 Å². The Labute approximate surface area is 129 Å². The van der Waals surface area contributed by atoms with Crippen LogP contribution in [0.3, 0.4) is 0 Å². The standard InChI is InChI=1S/C14H24N4O2S/c1-14(2,3)12-11(21-17-16-12)13(20)18(7-8-19)9-10-5-4-6-15-10/h10,15,19H,4-9H2,1-3H3. The molecule has 1 aromatic rings. The van der Waals surface area contributed by atoms with Crippen LogP contribution in [0, 0.1) is 0 Å². The molecule has 2 N–H and O–H groups in total. The van der Waals surface area contributed by atoms with E-state index in [4.69, 9.17) is 0 Å². The van der Waals surface area contributed by atoms with Gasteiger partial charge in [0.2, 0.25) is 0 Å². The van der Waals surface area contributed by atoms with E-state index in [2.05, 4.69) is 14.9 Å². The van der Waals surface area contributed by atoms with Crippen molar-refractivity contribution in [3.8, 4) is 0 Å². The van der Waals surface area contributed by atoms with Crippen LogP contribution in [-0.4, -0.2) is 57.8 Å². The smallest absolute Gasteiger partial charge is 0.267 e. The van der Waals surface area contributed by atoms with Crippen molar-refractivity contribution in [1.29, 1.82) is 0 Å². The van der Waals surface area contributed by atoms with Crippen LogP contribution in [-0.2, 0) is 5.41 Å². The fraction of sp³-hybridized carbons (Fsp3) is 0.786. The molecule has 118 valence electrons. The third kappa shape index (κ3) is 3.99. The van der Waals surface area contributed by atoms with Crippen molar-refractivity contribution < 1.29 is 9.90 Å². The van der Waals surface area contributed by atoms with E-state index in [1.165, 1.54) is 0 Å². The first-order valence-corrected chi connectivity index (χ1v) is 8.17. The fourth-order valence-corrected chi connectivity index (χ4v) is 3.39. The highest BCUT2D eigenvalue weighted by Gasteiger charge is 2.30. The van der Waals surface area contributed by atoms with Crippen molar-refractivity contribution in [2.24, 2.45) is 0 Å². The van der Waals surface area contributed by atoms with Gasteiger partial charge in [-0.3, -0.25) is 4.79 Å². The number of rotatable bonds is 5. The summed E-state index contributed by atoms with van der Waals surface area (Å²) in [6.45, 7) is 8.01. The Morgan fingerprint density at radius 2 is 2.29 bits per heavy atom. The first-order chi connectivity index (χ1) is 9.93. The van der Waals surface area contributed by atoms with Crippen LogP contribution in [0.5, 0.6) is 0 Å². The quantitative estimate of drug-likeness (QED) is 0.849. The molecule has 1 aromatic heterocycles. The Morgan fingerprint density at radius 3 is 2.86 bits per heavy atom. The van der Waals surface area contributed by atoms with Crippen molar-refractivity contribution in [1.82, 2.24) is 19.8 Å². The van der Waals surface area contributed by atoms with Gasteiger partial charge in [-0.05, 0) is 30.9 Å². The van der Waals surface area contributed by atoms with Crippen molar-refractivity contribution in [3.05, 3.63) is 10.6 Å². The molecule has 21 heavy (non-hydrogen) atoms. The molecule has 1 aliphatic rings. The maximum absolute atomic E-state index is 12.8. The van der Waals surface area contributed by atoms with Crippen molar-refractivity contribution >= 4 is 17.4 Å². The van der Waals surface area contributed by atoms with Gasteiger partial charge in [0, 0.05) is 24.5 Å². The summed E-state index contributed by atoms with van der Waals surface area (Å²) in [7, 11) is 0. The van der Waals surface area contributed by atoms with Crippen LogP contribution < -0.4 is 5.32 Å². The number of nitrogens with zero attached hydrogens (tertiary/aromatic N) is 3. The van der Waals surface area contributed by atoms with Gasteiger partial charge in [0.15, 0.2) is 0 Å². The van der Waals surface area contributed by atoms with E-state index >= 15 is 0 Å². The molecular weight excluding hydrogens is 288 g/mol. The van der Waals surface area contributed by atoms with Crippen molar-refractivity contribution in [2.45, 2.75) is 45.1 Å². The van der Waals surface area contributed by atoms with E-state index in [-0.39, 0.29) is 17.9 Å². The molecule has 1 saturated heterocycles. The summed E-state index contributed by atoms with van der Waals surface area (Å²) < 4.78 is 3.95. The van der Waals surface area contributed by atoms with Gasteiger partial charge >= 0.3 is 0 Å². The minimum atomic E-state index is -0.214. The molecule has 1 atom stereocenters. The zero-order valence-electron chi connectivity index (χ0n) is 12.9. The van der Waals surface area contributed by atoms with Crippen molar-refractivity contribution in [3.63, 3.8) is 0 Å². The lowest BCUT2D eigenvalue weighted by molar-refractivity contribution is 0.0708. The monoisotopic (exact) mass is 312 g/mol. The second-order valence-electron chi connectivity index (χ2n) is 6.47. The molecule has 0 radical (unpaired) electrons. The first-order valence-electron chi connectivity index (χ1n) is 7.40. The fourth-order valence-electron chi connectivity index (χ4n) is 2.54. The summed E-state index contributed by atoms with van der Waals surface area (Å²) in [6, 6.07) is 0.319. The molecule has 2 rings (SSSR count). The lowest BCUT2D eigenvalue weighted by Crippen LogP contribution is -2.42. The highest BCUT2D eigenvalue weighted by Crippen LogP contribution is 2.27. The Morgan fingerprint density at radius 1 is 1.52 bits per heavy atom. The van der Waals surface area contributed by atoms with Crippen LogP contribution in [0.1, 0.15) is 49.0 Å². The molecule has 0 aliphatic carbocycles. The predicted octanol–water partition coefficient (Wildman–Crippen LogP) is 1.02. The van der Waals surface area contributed by atoms with Gasteiger partial charge in [0.25, 0.3) is 5.91 Å². The van der Waals surface area contributed by atoms with Crippen LogP contribution in [0.4, 0.5) is 0 Å². The highest BCUT2D eigenvalue weighted by molar-refractivity contribution is 7.08. The number of carbonyl (C=O) groups excluding carboxylic acids is 1. The van der Waals surface area contributed by atoms with Gasteiger partial charge in [-0.1, -0.05) is 25.3 Å². The molecule has 1 unspecified atom stereocenters. The molecule has 0 bridgehead atoms. The van der Waals surface area contributed by atoms with Gasteiger partial charge in [-0.25, -0.2) is 0 Å². The van der Waals surface area contributed by atoms with Crippen LogP contribution >= 0.6 is 11.5 Å². The molecule has 0 aromatic carbocycles. The van der Waals surface area contributed by atoms with Gasteiger partial charge < -0.3 is 15.3 Å². The topological polar surface area (TPSA) is 78.4 Å². The van der Waals surface area contributed by atoms with Crippen LogP contribution in [0.2, 0.25) is 0 Å². The third-order valence-electron chi connectivity index (χ3n) is 3.65. The summed E-state index contributed by atoms with van der Waals surface area (Å²) in [5, 5.41) is 16.8. The molecule has 7 heteroatoms. The minimum absolute atomic E-state index is 0.0322. The average Bonchev–Trinajstić information content (AvgIpc) is 3.07. The van der Waals surface area contributed by atoms with Crippen LogP contribution in [0.15, 0.2) is 0 Å². The Hall–Kier alpha value is -1.05. The third-order valence-corrected chi connectivity index (χ3v) is 4.37. The molecule has 0 saturated carbocycles. The summed E-state index contributed by atoms with van der Waals surface area (Å²) in [5.74, 6) is -0.0716. The second kappa shape index (κ2) is 6.81. The zero-order valence-corrected chi connectivity index (χ0v) is 13.7. The number of hydrogen-bond donors (Lipinski definition) is 2. The Kier molecular flexibility index (Phi) is 5.29. The summed E-state index contributed by atoms with van der Waals surface area (Å²) in [6.07, 6.45) is 2.21. The highest BCUT2D eigenvalue weighted by atomic mass is 32.1. The molecule has 6 nitrogen and oxygen atoms in total. The largest absolute Gasteiger partial charge is 0.395 e. The van der Waals surface area contributed by atoms with Gasteiger partial charge in [0.1, 0.15) is 4.88 Å². The number of hydrogen-bond acceptors (Lipinski definition) is 6. The molecule has 1 aliphatic heterocycles.